The first-order valence-electron chi connectivity index (χ1n) is 3.35. The predicted molar refractivity (Wildman–Crippen MR) is 44.2 cm³/mol. The summed E-state index contributed by atoms with van der Waals surface area (Å²) in [4.78, 5) is 11.0. The Morgan fingerprint density at radius 2 is 2.08 bits per heavy atom. The molecule has 0 aromatic heterocycles. The number of hydrogen-bond acceptors (Lipinski definition) is 3. The summed E-state index contributed by atoms with van der Waals surface area (Å²) in [5.41, 5.74) is 1.26. The monoisotopic (exact) mass is 182 g/mol. The maximum Gasteiger partial charge on any atom is 0.398 e. The highest BCUT2D eigenvalue weighted by Gasteiger charge is 2.08. The van der Waals surface area contributed by atoms with Gasteiger partial charge in [-0.05, 0) is 18.6 Å². The van der Waals surface area contributed by atoms with Gasteiger partial charge in [-0.2, -0.15) is 0 Å². The largest absolute Gasteiger partial charge is 0.398 e. The van der Waals surface area contributed by atoms with E-state index in [9.17, 15) is 9.36 Å². The molecule has 0 unspecified atom stereocenters. The Labute approximate surface area is 71.6 Å². The molecule has 0 saturated carbocycles. The molecule has 0 aliphatic heterocycles. The van der Waals surface area contributed by atoms with Gasteiger partial charge in [0, 0.05) is 0 Å². The van der Waals surface area contributed by atoms with E-state index in [-0.39, 0.29) is 0 Å². The molecule has 0 fully saturated rings. The molecule has 0 amide bonds. The third kappa shape index (κ3) is 1.89. The molecule has 0 N–H and O–H groups in total. The molecule has 0 aliphatic carbocycles. The molecule has 1 rings (SSSR count). The highest BCUT2D eigenvalue weighted by atomic mass is 31.1. The van der Waals surface area contributed by atoms with E-state index < -0.39 is 14.7 Å². The van der Waals surface area contributed by atoms with Crippen molar-refractivity contribution in [1.29, 1.82) is 0 Å². The van der Waals surface area contributed by atoms with Crippen LogP contribution in [0.1, 0.15) is 15.9 Å². The molecule has 0 radical (unpaired) electrons. The lowest BCUT2D eigenvalue weighted by Gasteiger charge is -1.99. The summed E-state index contributed by atoms with van der Waals surface area (Å²) in [5.74, 6) is -0.565. The molecular formula is C8H7O3P. The van der Waals surface area contributed by atoms with Crippen LogP contribution in [-0.2, 0) is 9.09 Å². The highest BCUT2D eigenvalue weighted by Crippen LogP contribution is 2.11. The number of benzene rings is 1. The van der Waals surface area contributed by atoms with Crippen LogP contribution in [0.25, 0.3) is 0 Å². The standard InChI is InChI=1S/C8H7O3P/c1-6-4-2-3-5-7(6)8(9)11-12-10/h2-5H,1H3. The van der Waals surface area contributed by atoms with E-state index in [0.717, 1.165) is 5.56 Å². The normalized spacial score (nSPS) is 9.75. The van der Waals surface area contributed by atoms with Crippen molar-refractivity contribution in [3.05, 3.63) is 35.4 Å². The molecule has 0 saturated heterocycles. The summed E-state index contributed by atoms with van der Waals surface area (Å²) in [6.45, 7) is 1.79. The zero-order chi connectivity index (χ0) is 8.97. The molecule has 0 heterocycles. The fraction of sp³-hybridized carbons (Fsp3) is 0.125. The molecule has 12 heavy (non-hydrogen) atoms. The van der Waals surface area contributed by atoms with Crippen LogP contribution in [0.4, 0.5) is 0 Å². The lowest BCUT2D eigenvalue weighted by Crippen LogP contribution is -2.00. The van der Waals surface area contributed by atoms with Crippen LogP contribution in [0.15, 0.2) is 24.3 Å². The summed E-state index contributed by atoms with van der Waals surface area (Å²) in [6, 6.07) is 6.97. The molecule has 0 aliphatic rings. The van der Waals surface area contributed by atoms with E-state index in [2.05, 4.69) is 4.52 Å². The van der Waals surface area contributed by atoms with Crippen molar-refractivity contribution in [1.82, 2.24) is 0 Å². The lowest BCUT2D eigenvalue weighted by atomic mass is 10.1. The first-order valence-corrected chi connectivity index (χ1v) is 4.08. The minimum absolute atomic E-state index is 0.445. The fourth-order valence-electron chi connectivity index (χ4n) is 0.885. The Balaban J connectivity index is 2.94. The van der Waals surface area contributed by atoms with Gasteiger partial charge in [0.1, 0.15) is 0 Å². The first-order chi connectivity index (χ1) is 5.75. The van der Waals surface area contributed by atoms with E-state index >= 15 is 0 Å². The van der Waals surface area contributed by atoms with E-state index in [1.165, 1.54) is 0 Å². The van der Waals surface area contributed by atoms with E-state index in [1.54, 1.807) is 25.1 Å². The number of aryl methyl sites for hydroxylation is 1. The third-order valence-electron chi connectivity index (χ3n) is 1.49. The van der Waals surface area contributed by atoms with Crippen molar-refractivity contribution in [2.45, 2.75) is 6.92 Å². The number of hydrogen-bond donors (Lipinski definition) is 0. The van der Waals surface area contributed by atoms with Crippen LogP contribution in [0.2, 0.25) is 0 Å². The summed E-state index contributed by atoms with van der Waals surface area (Å²) >= 11 is 0. The van der Waals surface area contributed by atoms with E-state index in [4.69, 9.17) is 0 Å². The summed E-state index contributed by atoms with van der Waals surface area (Å²) < 4.78 is 14.2. The summed E-state index contributed by atoms with van der Waals surface area (Å²) in [7, 11) is -0.613. The molecule has 3 nitrogen and oxygen atoms in total. The van der Waals surface area contributed by atoms with Crippen LogP contribution >= 0.6 is 8.69 Å². The Morgan fingerprint density at radius 3 is 2.67 bits per heavy atom. The Hall–Kier alpha value is -1.21. The average molecular weight is 182 g/mol. The van der Waals surface area contributed by atoms with E-state index in [1.807, 2.05) is 6.07 Å². The van der Waals surface area contributed by atoms with Gasteiger partial charge in [0.25, 0.3) is 0 Å². The molecule has 1 aromatic rings. The van der Waals surface area contributed by atoms with Gasteiger partial charge in [0.15, 0.2) is 0 Å². The number of carbonyl (C=O) groups is 1. The smallest absolute Gasteiger partial charge is 0.369 e. The van der Waals surface area contributed by atoms with Gasteiger partial charge < -0.3 is 4.52 Å². The maximum atomic E-state index is 11.0. The summed E-state index contributed by atoms with van der Waals surface area (Å²) in [6.07, 6.45) is 0. The fourth-order valence-corrected chi connectivity index (χ4v) is 1.05. The van der Waals surface area contributed by atoms with Gasteiger partial charge >= 0.3 is 14.7 Å². The third-order valence-corrected chi connectivity index (χ3v) is 1.73. The molecule has 0 atom stereocenters. The van der Waals surface area contributed by atoms with Gasteiger partial charge in [0.05, 0.1) is 5.56 Å². The zero-order valence-electron chi connectivity index (χ0n) is 6.48. The van der Waals surface area contributed by atoms with Gasteiger partial charge in [-0.1, -0.05) is 18.2 Å². The SMILES string of the molecule is Cc1ccccc1C(=O)OP=O. The van der Waals surface area contributed by atoms with Gasteiger partial charge in [-0.25, -0.2) is 9.36 Å². The second-order valence-electron chi connectivity index (χ2n) is 2.27. The first kappa shape index (κ1) is 8.88. The number of carbonyl (C=O) groups excluding carboxylic acids is 1. The highest BCUT2D eigenvalue weighted by molar-refractivity contribution is 7.18. The second-order valence-corrected chi connectivity index (χ2v) is 2.60. The molecule has 0 spiro atoms. The van der Waals surface area contributed by atoms with Gasteiger partial charge in [-0.3, -0.25) is 0 Å². The van der Waals surface area contributed by atoms with Crippen molar-refractivity contribution < 1.29 is 13.9 Å². The lowest BCUT2D eigenvalue weighted by molar-refractivity contribution is 0.0755. The predicted octanol–water partition coefficient (Wildman–Crippen LogP) is 2.36. The van der Waals surface area contributed by atoms with Crippen molar-refractivity contribution in [3.63, 3.8) is 0 Å². The Morgan fingerprint density at radius 1 is 1.42 bits per heavy atom. The van der Waals surface area contributed by atoms with Crippen molar-refractivity contribution in [3.8, 4) is 0 Å². The van der Waals surface area contributed by atoms with Gasteiger partial charge in [-0.15, -0.1) is 0 Å². The van der Waals surface area contributed by atoms with Crippen LogP contribution in [0.5, 0.6) is 0 Å². The molecule has 0 bridgehead atoms. The van der Waals surface area contributed by atoms with Crippen LogP contribution < -0.4 is 0 Å². The Bertz CT molecular complexity index is 309. The topological polar surface area (TPSA) is 43.4 Å². The molecule has 62 valence electrons. The summed E-state index contributed by atoms with van der Waals surface area (Å²) in [5, 5.41) is 0. The number of rotatable bonds is 2. The average Bonchev–Trinajstić information content (AvgIpc) is 2.05. The van der Waals surface area contributed by atoms with Crippen molar-refractivity contribution in [2.24, 2.45) is 0 Å². The molecule has 1 aromatic carbocycles. The van der Waals surface area contributed by atoms with Crippen molar-refractivity contribution in [2.75, 3.05) is 0 Å². The minimum atomic E-state index is -0.613. The van der Waals surface area contributed by atoms with Crippen molar-refractivity contribution >= 4 is 14.7 Å². The quantitative estimate of drug-likeness (QED) is 0.659. The van der Waals surface area contributed by atoms with Crippen LogP contribution in [0.3, 0.4) is 0 Å². The minimum Gasteiger partial charge on any atom is -0.369 e. The molecule has 4 heteroatoms. The van der Waals surface area contributed by atoms with E-state index in [0.29, 0.717) is 5.56 Å². The maximum absolute atomic E-state index is 11.0. The van der Waals surface area contributed by atoms with Gasteiger partial charge in [0.2, 0.25) is 0 Å². The van der Waals surface area contributed by atoms with Crippen LogP contribution in [0, 0.1) is 6.92 Å². The van der Waals surface area contributed by atoms with Crippen LogP contribution in [-0.4, -0.2) is 5.97 Å². The molecular weight excluding hydrogens is 175 g/mol. The Kier molecular flexibility index (Phi) is 2.94. The second kappa shape index (κ2) is 3.98. The zero-order valence-corrected chi connectivity index (χ0v) is 7.38.